The predicted molar refractivity (Wildman–Crippen MR) is 52.3 cm³/mol. The van der Waals surface area contributed by atoms with Crippen molar-refractivity contribution < 1.29 is 14.7 Å². The fourth-order valence-electron chi connectivity index (χ4n) is 0.909. The Hall–Kier alpha value is -1.84. The van der Waals surface area contributed by atoms with Crippen LogP contribution in [0.3, 0.4) is 0 Å². The molecular weight excluding hydrogens is 182 g/mol. The van der Waals surface area contributed by atoms with Gasteiger partial charge in [0.05, 0.1) is 0 Å². The van der Waals surface area contributed by atoms with Gasteiger partial charge in [-0.3, -0.25) is 4.79 Å². The number of phenolic OH excluding ortho intramolecular Hbond substituents is 1. The summed E-state index contributed by atoms with van der Waals surface area (Å²) in [6, 6.07) is 6.17. The van der Waals surface area contributed by atoms with E-state index in [2.05, 4.69) is 5.16 Å². The topological polar surface area (TPSA) is 58.9 Å². The number of nitrogens with zero attached hydrogens (tertiary/aromatic N) is 1. The second kappa shape index (κ2) is 5.01. The lowest BCUT2D eigenvalue weighted by atomic mass is 10.1. The third-order valence-electron chi connectivity index (χ3n) is 1.57. The Labute approximate surface area is 81.8 Å². The van der Waals surface area contributed by atoms with Crippen molar-refractivity contribution in [3.63, 3.8) is 0 Å². The molecule has 0 spiro atoms. The van der Waals surface area contributed by atoms with Crippen LogP contribution in [0.4, 0.5) is 0 Å². The fourth-order valence-corrected chi connectivity index (χ4v) is 0.909. The minimum absolute atomic E-state index is 0.149. The Morgan fingerprint density at radius 1 is 1.50 bits per heavy atom. The van der Waals surface area contributed by atoms with Crippen LogP contribution in [0.15, 0.2) is 29.4 Å². The lowest BCUT2D eigenvalue weighted by Gasteiger charge is -1.99. The maximum absolute atomic E-state index is 10.6. The molecule has 0 aliphatic heterocycles. The van der Waals surface area contributed by atoms with Crippen molar-refractivity contribution in [1.82, 2.24) is 0 Å². The van der Waals surface area contributed by atoms with Gasteiger partial charge in [0.15, 0.2) is 6.29 Å². The smallest absolute Gasteiger partial charge is 0.172 e. The van der Waals surface area contributed by atoms with E-state index < -0.39 is 0 Å². The molecule has 14 heavy (non-hydrogen) atoms. The normalized spacial score (nSPS) is 11.1. The Morgan fingerprint density at radius 2 is 2.14 bits per heavy atom. The second-order valence-corrected chi connectivity index (χ2v) is 2.56. The molecule has 1 N–H and O–H groups in total. The average Bonchev–Trinajstić information content (AvgIpc) is 2.21. The molecule has 74 valence electrons. The first kappa shape index (κ1) is 10.2. The molecule has 0 saturated heterocycles. The maximum atomic E-state index is 10.6. The summed E-state index contributed by atoms with van der Waals surface area (Å²) in [5.74, 6) is 0.149. The molecule has 4 heteroatoms. The highest BCUT2D eigenvalue weighted by molar-refractivity contribution is 6.36. The van der Waals surface area contributed by atoms with Crippen molar-refractivity contribution in [3.8, 4) is 5.75 Å². The molecule has 0 atom stereocenters. The van der Waals surface area contributed by atoms with Crippen molar-refractivity contribution >= 4 is 12.0 Å². The summed E-state index contributed by atoms with van der Waals surface area (Å²) in [5, 5.41) is 12.7. The monoisotopic (exact) mass is 193 g/mol. The minimum atomic E-state index is 0.149. The van der Waals surface area contributed by atoms with Gasteiger partial charge in [-0.05, 0) is 31.2 Å². The van der Waals surface area contributed by atoms with E-state index in [1.807, 2.05) is 0 Å². The van der Waals surface area contributed by atoms with E-state index >= 15 is 0 Å². The molecule has 1 aromatic rings. The van der Waals surface area contributed by atoms with Crippen LogP contribution in [0.25, 0.3) is 0 Å². The van der Waals surface area contributed by atoms with E-state index in [1.165, 1.54) is 12.1 Å². The van der Waals surface area contributed by atoms with Gasteiger partial charge in [-0.15, -0.1) is 0 Å². The largest absolute Gasteiger partial charge is 0.508 e. The Morgan fingerprint density at radius 3 is 2.64 bits per heavy atom. The molecule has 0 fully saturated rings. The average molecular weight is 193 g/mol. The first-order valence-corrected chi connectivity index (χ1v) is 4.22. The summed E-state index contributed by atoms with van der Waals surface area (Å²) >= 11 is 0. The number of carbonyl (C=O) groups excluding carboxylic acids is 1. The number of hydrogen-bond acceptors (Lipinski definition) is 4. The van der Waals surface area contributed by atoms with Crippen molar-refractivity contribution in [2.75, 3.05) is 6.61 Å². The standard InChI is InChI=1S/C10H11NO3/c1-2-14-11-10(7-12)8-3-5-9(13)6-4-8/h3-7,13H,2H2,1H3/b11-10+. The number of benzene rings is 1. The third kappa shape index (κ3) is 2.58. The molecule has 1 aromatic carbocycles. The number of carbonyl (C=O) groups is 1. The van der Waals surface area contributed by atoms with Crippen LogP contribution in [0.5, 0.6) is 5.75 Å². The number of oxime groups is 1. The minimum Gasteiger partial charge on any atom is -0.508 e. The molecule has 0 aliphatic carbocycles. The van der Waals surface area contributed by atoms with E-state index in [9.17, 15) is 4.79 Å². The van der Waals surface area contributed by atoms with Crippen LogP contribution in [-0.2, 0) is 9.63 Å². The van der Waals surface area contributed by atoms with Crippen LogP contribution in [0.1, 0.15) is 12.5 Å². The highest BCUT2D eigenvalue weighted by Gasteiger charge is 2.02. The van der Waals surface area contributed by atoms with E-state index in [1.54, 1.807) is 19.1 Å². The van der Waals surface area contributed by atoms with Crippen molar-refractivity contribution in [2.24, 2.45) is 5.16 Å². The zero-order valence-electron chi connectivity index (χ0n) is 7.80. The van der Waals surface area contributed by atoms with E-state index in [0.717, 1.165) is 0 Å². The molecule has 0 aliphatic rings. The molecule has 0 unspecified atom stereocenters. The third-order valence-corrected chi connectivity index (χ3v) is 1.57. The van der Waals surface area contributed by atoms with E-state index in [0.29, 0.717) is 18.5 Å². The summed E-state index contributed by atoms with van der Waals surface area (Å²) in [7, 11) is 0. The van der Waals surface area contributed by atoms with Crippen LogP contribution >= 0.6 is 0 Å². The zero-order chi connectivity index (χ0) is 10.4. The predicted octanol–water partition coefficient (Wildman–Crippen LogP) is 1.33. The lowest BCUT2D eigenvalue weighted by molar-refractivity contribution is -0.102. The molecule has 0 bridgehead atoms. The van der Waals surface area contributed by atoms with Gasteiger partial charge in [-0.25, -0.2) is 0 Å². The SMILES string of the molecule is CCO/N=C(\C=O)c1ccc(O)cc1. The second-order valence-electron chi connectivity index (χ2n) is 2.56. The molecule has 1 rings (SSSR count). The van der Waals surface area contributed by atoms with Crippen molar-refractivity contribution in [1.29, 1.82) is 0 Å². The van der Waals surface area contributed by atoms with Gasteiger partial charge in [0, 0.05) is 5.56 Å². The summed E-state index contributed by atoms with van der Waals surface area (Å²) in [4.78, 5) is 15.4. The fraction of sp³-hybridized carbons (Fsp3) is 0.200. The number of rotatable bonds is 4. The van der Waals surface area contributed by atoms with Crippen molar-refractivity contribution in [3.05, 3.63) is 29.8 Å². The lowest BCUT2D eigenvalue weighted by Crippen LogP contribution is -2.03. The van der Waals surface area contributed by atoms with Crippen molar-refractivity contribution in [2.45, 2.75) is 6.92 Å². The molecule has 0 heterocycles. The molecule has 4 nitrogen and oxygen atoms in total. The van der Waals surface area contributed by atoms with Crippen LogP contribution in [0, 0.1) is 0 Å². The van der Waals surface area contributed by atoms with Gasteiger partial charge in [-0.2, -0.15) is 0 Å². The molecular formula is C10H11NO3. The highest BCUT2D eigenvalue weighted by atomic mass is 16.6. The first-order chi connectivity index (χ1) is 6.77. The number of phenols is 1. The molecule has 0 radical (unpaired) electrons. The quantitative estimate of drug-likeness (QED) is 0.446. The summed E-state index contributed by atoms with van der Waals surface area (Å²) in [6.45, 7) is 2.19. The van der Waals surface area contributed by atoms with Gasteiger partial charge in [0.2, 0.25) is 0 Å². The number of aldehydes is 1. The first-order valence-electron chi connectivity index (χ1n) is 4.22. The van der Waals surface area contributed by atoms with Gasteiger partial charge in [0.1, 0.15) is 18.1 Å². The van der Waals surface area contributed by atoms with Crippen LogP contribution < -0.4 is 0 Å². The van der Waals surface area contributed by atoms with Crippen LogP contribution in [-0.4, -0.2) is 23.7 Å². The van der Waals surface area contributed by atoms with Gasteiger partial charge in [0.25, 0.3) is 0 Å². The maximum Gasteiger partial charge on any atom is 0.172 e. The zero-order valence-corrected chi connectivity index (χ0v) is 7.80. The van der Waals surface area contributed by atoms with Crippen LogP contribution in [0.2, 0.25) is 0 Å². The van der Waals surface area contributed by atoms with Gasteiger partial charge in [-0.1, -0.05) is 5.16 Å². The van der Waals surface area contributed by atoms with Gasteiger partial charge < -0.3 is 9.94 Å². The summed E-state index contributed by atoms with van der Waals surface area (Å²) in [6.07, 6.45) is 0.613. The Bertz CT molecular complexity index is 330. The summed E-state index contributed by atoms with van der Waals surface area (Å²) < 4.78 is 0. The number of hydrogen-bond donors (Lipinski definition) is 1. The Balaban J connectivity index is 2.89. The highest BCUT2D eigenvalue weighted by Crippen LogP contribution is 2.10. The van der Waals surface area contributed by atoms with Gasteiger partial charge >= 0.3 is 0 Å². The van der Waals surface area contributed by atoms with E-state index in [-0.39, 0.29) is 11.5 Å². The summed E-state index contributed by atoms with van der Waals surface area (Å²) in [5.41, 5.74) is 0.832. The molecule has 0 amide bonds. The Kier molecular flexibility index (Phi) is 3.67. The molecule has 0 aromatic heterocycles. The van der Waals surface area contributed by atoms with E-state index in [4.69, 9.17) is 9.94 Å². The molecule has 0 saturated carbocycles. The number of aromatic hydroxyl groups is 1.